The van der Waals surface area contributed by atoms with Gasteiger partial charge in [-0.05, 0) is 0 Å². The molecule has 0 saturated carbocycles. The Morgan fingerprint density at radius 2 is 2.15 bits per heavy atom. The zero-order chi connectivity index (χ0) is 10.3. The summed E-state index contributed by atoms with van der Waals surface area (Å²) in [6.45, 7) is 0. The first-order chi connectivity index (χ1) is 5.80. The summed E-state index contributed by atoms with van der Waals surface area (Å²) in [5, 5.41) is 12.6. The van der Waals surface area contributed by atoms with Crippen LogP contribution in [0.1, 0.15) is 0 Å². The van der Waals surface area contributed by atoms with Crippen molar-refractivity contribution >= 4 is 5.91 Å². The molecule has 1 unspecified atom stereocenters. The van der Waals surface area contributed by atoms with Crippen molar-refractivity contribution in [2.75, 3.05) is 7.05 Å². The van der Waals surface area contributed by atoms with E-state index in [4.69, 9.17) is 5.11 Å². The molecule has 0 aromatic rings. The van der Waals surface area contributed by atoms with Crippen molar-refractivity contribution in [3.63, 3.8) is 0 Å². The number of halogens is 3. The fourth-order valence-electron chi connectivity index (χ4n) is 0.889. The maximum atomic E-state index is 12.1. The lowest BCUT2D eigenvalue weighted by molar-refractivity contribution is -0.247. The van der Waals surface area contributed by atoms with E-state index in [0.29, 0.717) is 6.08 Å². The lowest BCUT2D eigenvalue weighted by Gasteiger charge is -2.23. The van der Waals surface area contributed by atoms with Gasteiger partial charge in [0.1, 0.15) is 5.70 Å². The van der Waals surface area contributed by atoms with Gasteiger partial charge in [-0.15, -0.1) is 0 Å². The summed E-state index contributed by atoms with van der Waals surface area (Å²) in [7, 11) is 1.29. The van der Waals surface area contributed by atoms with Crippen molar-refractivity contribution in [3.05, 3.63) is 11.8 Å². The van der Waals surface area contributed by atoms with Gasteiger partial charge >= 0.3 is 6.18 Å². The van der Waals surface area contributed by atoms with Gasteiger partial charge in [-0.1, -0.05) is 0 Å². The second kappa shape index (κ2) is 2.63. The van der Waals surface area contributed by atoms with Crippen molar-refractivity contribution in [2.45, 2.75) is 11.9 Å². The summed E-state index contributed by atoms with van der Waals surface area (Å²) < 4.78 is 36.3. The van der Waals surface area contributed by atoms with Crippen molar-refractivity contribution in [1.29, 1.82) is 0 Å². The Labute approximate surface area is 71.4 Å². The molecule has 1 atom stereocenters. The summed E-state index contributed by atoms with van der Waals surface area (Å²) in [5.74, 6) is -0.984. The molecule has 13 heavy (non-hydrogen) atoms. The van der Waals surface area contributed by atoms with Crippen LogP contribution in [0.3, 0.4) is 0 Å². The number of rotatable bonds is 1. The first-order valence-electron chi connectivity index (χ1n) is 3.32. The van der Waals surface area contributed by atoms with Gasteiger partial charge in [-0.25, -0.2) is 0 Å². The van der Waals surface area contributed by atoms with E-state index in [9.17, 15) is 18.0 Å². The van der Waals surface area contributed by atoms with E-state index in [1.807, 2.05) is 0 Å². The molecule has 3 N–H and O–H groups in total. The van der Waals surface area contributed by atoms with Gasteiger partial charge in [0.2, 0.25) is 0 Å². The third-order valence-electron chi connectivity index (χ3n) is 1.60. The molecule has 1 rings (SSSR count). The Bertz CT molecular complexity index is 274. The normalized spacial score (nSPS) is 28.4. The molecule has 1 heterocycles. The smallest absolute Gasteiger partial charge is 0.384 e. The number of aliphatic hydroxyl groups is 1. The van der Waals surface area contributed by atoms with E-state index in [1.54, 1.807) is 0 Å². The van der Waals surface area contributed by atoms with Crippen LogP contribution in [-0.2, 0) is 4.79 Å². The molecule has 1 amide bonds. The lowest BCUT2D eigenvalue weighted by Crippen LogP contribution is -2.54. The highest BCUT2D eigenvalue weighted by atomic mass is 19.4. The number of alkyl halides is 3. The van der Waals surface area contributed by atoms with Crippen LogP contribution in [-0.4, -0.2) is 30.0 Å². The van der Waals surface area contributed by atoms with Gasteiger partial charge < -0.3 is 15.7 Å². The zero-order valence-corrected chi connectivity index (χ0v) is 6.57. The minimum absolute atomic E-state index is 0.306. The molecule has 1 aliphatic rings. The predicted molar refractivity (Wildman–Crippen MR) is 36.3 cm³/mol. The van der Waals surface area contributed by atoms with Gasteiger partial charge in [-0.3, -0.25) is 4.79 Å². The SMILES string of the molecule is CNC1=CC(O)(C(F)(F)F)NC1=O. The fraction of sp³-hybridized carbons (Fsp3) is 0.500. The highest BCUT2D eigenvalue weighted by Gasteiger charge is 2.57. The van der Waals surface area contributed by atoms with Crippen molar-refractivity contribution in [2.24, 2.45) is 0 Å². The molecule has 0 aromatic heterocycles. The monoisotopic (exact) mass is 196 g/mol. The van der Waals surface area contributed by atoms with Crippen LogP contribution >= 0.6 is 0 Å². The van der Waals surface area contributed by atoms with E-state index in [1.165, 1.54) is 12.4 Å². The maximum Gasteiger partial charge on any atom is 0.440 e. The molecule has 1 aliphatic heterocycles. The van der Waals surface area contributed by atoms with Gasteiger partial charge in [0, 0.05) is 13.1 Å². The van der Waals surface area contributed by atoms with Crippen LogP contribution in [0, 0.1) is 0 Å². The van der Waals surface area contributed by atoms with E-state index >= 15 is 0 Å². The standard InChI is InChI=1S/C6H7F3N2O2/c1-10-3-2-5(13,6(7,8)9)11-4(3)12/h2,10,13H,1H3,(H,11,12). The quantitative estimate of drug-likeness (QED) is 0.528. The highest BCUT2D eigenvalue weighted by Crippen LogP contribution is 2.32. The number of hydrogen-bond acceptors (Lipinski definition) is 3. The molecular weight excluding hydrogens is 189 g/mol. The Balaban J connectivity index is 3.00. The van der Waals surface area contributed by atoms with Crippen molar-refractivity contribution in [1.82, 2.24) is 10.6 Å². The third kappa shape index (κ3) is 1.46. The molecule has 4 nitrogen and oxygen atoms in total. The molecule has 0 saturated heterocycles. The van der Waals surface area contributed by atoms with Crippen LogP contribution in [0.15, 0.2) is 11.8 Å². The summed E-state index contributed by atoms with van der Waals surface area (Å²) in [5.41, 5.74) is -3.55. The first-order valence-corrected chi connectivity index (χ1v) is 3.32. The van der Waals surface area contributed by atoms with Crippen molar-refractivity contribution in [3.8, 4) is 0 Å². The average molecular weight is 196 g/mol. The van der Waals surface area contributed by atoms with Crippen molar-refractivity contribution < 1.29 is 23.1 Å². The Kier molecular flexibility index (Phi) is 1.99. The second-order valence-electron chi connectivity index (χ2n) is 2.53. The molecule has 74 valence electrons. The summed E-state index contributed by atoms with van der Waals surface area (Å²) in [6.07, 6.45) is -4.52. The van der Waals surface area contributed by atoms with Gasteiger partial charge in [0.25, 0.3) is 11.6 Å². The van der Waals surface area contributed by atoms with Crippen LogP contribution in [0.2, 0.25) is 0 Å². The number of amides is 1. The minimum atomic E-state index is -4.92. The predicted octanol–water partition coefficient (Wildman–Crippen LogP) is -0.530. The van der Waals surface area contributed by atoms with E-state index in [2.05, 4.69) is 5.32 Å². The molecule has 0 bridgehead atoms. The van der Waals surface area contributed by atoms with Crippen LogP contribution in [0.5, 0.6) is 0 Å². The largest absolute Gasteiger partial charge is 0.440 e. The molecule has 0 spiro atoms. The Morgan fingerprint density at radius 1 is 1.62 bits per heavy atom. The van der Waals surface area contributed by atoms with E-state index in [0.717, 1.165) is 0 Å². The number of likely N-dealkylation sites (N-methyl/N-ethyl adjacent to an activating group) is 1. The molecule has 7 heteroatoms. The number of hydrogen-bond donors (Lipinski definition) is 3. The molecular formula is C6H7F3N2O2. The molecule has 0 aliphatic carbocycles. The van der Waals surface area contributed by atoms with Gasteiger partial charge in [-0.2, -0.15) is 13.2 Å². The zero-order valence-electron chi connectivity index (χ0n) is 6.57. The Morgan fingerprint density at radius 3 is 2.38 bits per heavy atom. The molecule has 0 aromatic carbocycles. The summed E-state index contributed by atoms with van der Waals surface area (Å²) in [4.78, 5) is 10.8. The topological polar surface area (TPSA) is 61.4 Å². The lowest BCUT2D eigenvalue weighted by atomic mass is 10.2. The third-order valence-corrected chi connectivity index (χ3v) is 1.60. The van der Waals surface area contributed by atoms with Gasteiger partial charge in [0.15, 0.2) is 0 Å². The molecule has 0 radical (unpaired) electrons. The number of carbonyl (C=O) groups excluding carboxylic acids is 1. The van der Waals surface area contributed by atoms with Gasteiger partial charge in [0.05, 0.1) is 0 Å². The minimum Gasteiger partial charge on any atom is -0.384 e. The number of carbonyl (C=O) groups is 1. The number of nitrogens with one attached hydrogen (secondary N) is 2. The second-order valence-corrected chi connectivity index (χ2v) is 2.53. The maximum absolute atomic E-state index is 12.1. The van der Waals surface area contributed by atoms with Crippen LogP contribution in [0.4, 0.5) is 13.2 Å². The average Bonchev–Trinajstić information content (AvgIpc) is 2.26. The van der Waals surface area contributed by atoms with Crippen LogP contribution < -0.4 is 10.6 Å². The van der Waals surface area contributed by atoms with E-state index in [-0.39, 0.29) is 5.70 Å². The fourth-order valence-corrected chi connectivity index (χ4v) is 0.889. The van der Waals surface area contributed by atoms with E-state index < -0.39 is 17.8 Å². The highest BCUT2D eigenvalue weighted by molar-refractivity contribution is 5.96. The summed E-state index contributed by atoms with van der Waals surface area (Å²) in [6, 6.07) is 0. The first kappa shape index (κ1) is 9.85. The van der Waals surface area contributed by atoms with Crippen LogP contribution in [0.25, 0.3) is 0 Å². The molecule has 0 fully saturated rings. The summed E-state index contributed by atoms with van der Waals surface area (Å²) >= 11 is 0. The Hall–Kier alpha value is -1.24.